The van der Waals surface area contributed by atoms with E-state index in [-0.39, 0.29) is 12.4 Å². The Balaban J connectivity index is 2.08. The Morgan fingerprint density at radius 2 is 1.95 bits per heavy atom. The number of hydrogen-bond donors (Lipinski definition) is 0. The first-order chi connectivity index (χ1) is 10.0. The first kappa shape index (κ1) is 15.9. The highest BCUT2D eigenvalue weighted by Gasteiger charge is 2.11. The predicted octanol–water partition coefficient (Wildman–Crippen LogP) is 4.68. The number of Topliss-reactive ketones (excluding diaryl/α,β-unsaturated/α-hetero) is 1. The van der Waals surface area contributed by atoms with Gasteiger partial charge in [-0.1, -0.05) is 17.7 Å². The van der Waals surface area contributed by atoms with Gasteiger partial charge in [0.15, 0.2) is 12.4 Å². The number of methoxy groups -OCH3 is 1. The van der Waals surface area contributed by atoms with Crippen molar-refractivity contribution < 1.29 is 14.3 Å². The van der Waals surface area contributed by atoms with Crippen LogP contribution in [0.5, 0.6) is 11.5 Å². The Morgan fingerprint density at radius 3 is 2.62 bits per heavy atom. The van der Waals surface area contributed by atoms with Crippen molar-refractivity contribution >= 4 is 33.3 Å². The van der Waals surface area contributed by atoms with E-state index < -0.39 is 0 Å². The van der Waals surface area contributed by atoms with Crippen LogP contribution in [0.1, 0.15) is 15.9 Å². The largest absolute Gasteiger partial charge is 0.496 e. The first-order valence-corrected chi connectivity index (χ1v) is 7.44. The van der Waals surface area contributed by atoms with Gasteiger partial charge in [-0.3, -0.25) is 4.79 Å². The number of halogens is 2. The highest BCUT2D eigenvalue weighted by Crippen LogP contribution is 2.26. The molecule has 2 rings (SSSR count). The van der Waals surface area contributed by atoms with E-state index in [2.05, 4.69) is 15.9 Å². The van der Waals surface area contributed by atoms with Gasteiger partial charge in [-0.05, 0) is 58.7 Å². The van der Waals surface area contributed by atoms with Crippen LogP contribution in [0.4, 0.5) is 0 Å². The summed E-state index contributed by atoms with van der Waals surface area (Å²) in [4.78, 5) is 12.1. The molecular formula is C16H14BrClO3. The molecule has 0 bridgehead atoms. The molecule has 5 heteroatoms. The van der Waals surface area contributed by atoms with E-state index in [0.717, 1.165) is 10.0 Å². The second-order valence-electron chi connectivity index (χ2n) is 4.47. The molecule has 0 aromatic heterocycles. The van der Waals surface area contributed by atoms with Crippen LogP contribution in [0.25, 0.3) is 0 Å². The molecule has 2 aromatic rings. The number of carbonyl (C=O) groups excluding carboxylic acids is 1. The van der Waals surface area contributed by atoms with Crippen molar-refractivity contribution in [2.24, 2.45) is 0 Å². The smallest absolute Gasteiger partial charge is 0.200 e. The average molecular weight is 370 g/mol. The van der Waals surface area contributed by atoms with Gasteiger partial charge < -0.3 is 9.47 Å². The molecule has 2 aromatic carbocycles. The van der Waals surface area contributed by atoms with Crippen molar-refractivity contribution in [1.29, 1.82) is 0 Å². The van der Waals surface area contributed by atoms with Gasteiger partial charge in [-0.2, -0.15) is 0 Å². The minimum Gasteiger partial charge on any atom is -0.496 e. The number of rotatable bonds is 5. The van der Waals surface area contributed by atoms with E-state index in [4.69, 9.17) is 21.1 Å². The van der Waals surface area contributed by atoms with Crippen LogP contribution in [0.3, 0.4) is 0 Å². The summed E-state index contributed by atoms with van der Waals surface area (Å²) < 4.78 is 11.4. The van der Waals surface area contributed by atoms with E-state index in [1.165, 1.54) is 0 Å². The fourth-order valence-corrected chi connectivity index (χ4v) is 2.50. The summed E-state index contributed by atoms with van der Waals surface area (Å²) in [7, 11) is 1.58. The highest BCUT2D eigenvalue weighted by atomic mass is 79.9. The summed E-state index contributed by atoms with van der Waals surface area (Å²) >= 11 is 9.28. The van der Waals surface area contributed by atoms with Crippen molar-refractivity contribution in [2.45, 2.75) is 6.92 Å². The molecule has 0 aliphatic carbocycles. The molecule has 0 aliphatic heterocycles. The number of ether oxygens (including phenoxy) is 2. The summed E-state index contributed by atoms with van der Waals surface area (Å²) in [6.45, 7) is 1.86. The van der Waals surface area contributed by atoms with Crippen LogP contribution < -0.4 is 9.47 Å². The predicted molar refractivity (Wildman–Crippen MR) is 86.7 cm³/mol. The standard InChI is InChI=1S/C16H14BrClO3/c1-10-3-5-12(18)8-16(10)21-9-14(19)11-4-6-15(20-2)13(17)7-11/h3-8H,9H2,1-2H3. The van der Waals surface area contributed by atoms with Crippen LogP contribution in [-0.2, 0) is 0 Å². The van der Waals surface area contributed by atoms with Crippen molar-refractivity contribution in [2.75, 3.05) is 13.7 Å². The minimum atomic E-state index is -0.113. The van der Waals surface area contributed by atoms with Crippen molar-refractivity contribution in [3.05, 3.63) is 57.0 Å². The van der Waals surface area contributed by atoms with Gasteiger partial charge in [0.05, 0.1) is 11.6 Å². The molecule has 0 unspecified atom stereocenters. The van der Waals surface area contributed by atoms with E-state index in [1.54, 1.807) is 37.4 Å². The molecule has 0 spiro atoms. The minimum absolute atomic E-state index is 0.0417. The molecule has 0 amide bonds. The molecule has 0 saturated heterocycles. The number of ketones is 1. The molecule has 0 heterocycles. The lowest BCUT2D eigenvalue weighted by molar-refractivity contribution is 0.0921. The maximum absolute atomic E-state index is 12.1. The van der Waals surface area contributed by atoms with Crippen LogP contribution in [0.2, 0.25) is 5.02 Å². The Kier molecular flexibility index (Phi) is 5.26. The Morgan fingerprint density at radius 1 is 1.19 bits per heavy atom. The molecule has 21 heavy (non-hydrogen) atoms. The number of aryl methyl sites for hydroxylation is 1. The molecule has 0 atom stereocenters. The van der Waals surface area contributed by atoms with Crippen LogP contribution >= 0.6 is 27.5 Å². The monoisotopic (exact) mass is 368 g/mol. The lowest BCUT2D eigenvalue weighted by Gasteiger charge is -2.10. The topological polar surface area (TPSA) is 35.5 Å². The van der Waals surface area contributed by atoms with Gasteiger partial charge in [0.2, 0.25) is 0 Å². The zero-order chi connectivity index (χ0) is 15.4. The summed E-state index contributed by atoms with van der Waals surface area (Å²) in [5, 5.41) is 0.579. The molecule has 0 N–H and O–H groups in total. The van der Waals surface area contributed by atoms with Crippen molar-refractivity contribution in [3.63, 3.8) is 0 Å². The van der Waals surface area contributed by atoms with Gasteiger partial charge >= 0.3 is 0 Å². The molecule has 3 nitrogen and oxygen atoms in total. The fraction of sp³-hybridized carbons (Fsp3) is 0.188. The third-order valence-corrected chi connectivity index (χ3v) is 3.84. The van der Waals surface area contributed by atoms with Gasteiger partial charge in [0.25, 0.3) is 0 Å². The molecule has 0 radical (unpaired) electrons. The summed E-state index contributed by atoms with van der Waals surface area (Å²) in [5.41, 5.74) is 1.49. The van der Waals surface area contributed by atoms with Gasteiger partial charge in [-0.25, -0.2) is 0 Å². The molecule has 0 fully saturated rings. The van der Waals surface area contributed by atoms with E-state index in [0.29, 0.717) is 22.1 Å². The van der Waals surface area contributed by atoms with E-state index >= 15 is 0 Å². The maximum Gasteiger partial charge on any atom is 0.200 e. The summed E-state index contributed by atoms with van der Waals surface area (Å²) in [6.07, 6.45) is 0. The third-order valence-electron chi connectivity index (χ3n) is 2.98. The van der Waals surface area contributed by atoms with Crippen molar-refractivity contribution in [3.8, 4) is 11.5 Å². The van der Waals surface area contributed by atoms with Crippen LogP contribution in [0.15, 0.2) is 40.9 Å². The summed E-state index contributed by atoms with van der Waals surface area (Å²) in [6, 6.07) is 10.5. The van der Waals surface area contributed by atoms with E-state index in [1.807, 2.05) is 13.0 Å². The Labute approximate surface area is 137 Å². The summed E-state index contributed by atoms with van der Waals surface area (Å²) in [5.74, 6) is 1.18. The van der Waals surface area contributed by atoms with E-state index in [9.17, 15) is 4.79 Å². The SMILES string of the molecule is COc1ccc(C(=O)COc2cc(Cl)ccc2C)cc1Br. The van der Waals surface area contributed by atoms with Gasteiger partial charge in [-0.15, -0.1) is 0 Å². The third kappa shape index (κ3) is 3.99. The Bertz CT molecular complexity index is 671. The zero-order valence-corrected chi connectivity index (χ0v) is 14.0. The Hall–Kier alpha value is -1.52. The highest BCUT2D eigenvalue weighted by molar-refractivity contribution is 9.10. The maximum atomic E-state index is 12.1. The normalized spacial score (nSPS) is 10.3. The zero-order valence-electron chi connectivity index (χ0n) is 11.7. The first-order valence-electron chi connectivity index (χ1n) is 6.27. The van der Waals surface area contributed by atoms with Gasteiger partial charge in [0.1, 0.15) is 11.5 Å². The molecular weight excluding hydrogens is 356 g/mol. The molecule has 0 saturated carbocycles. The number of carbonyl (C=O) groups is 1. The second-order valence-corrected chi connectivity index (χ2v) is 5.76. The lowest BCUT2D eigenvalue weighted by atomic mass is 10.1. The number of benzene rings is 2. The second kappa shape index (κ2) is 6.96. The van der Waals surface area contributed by atoms with Crippen LogP contribution in [-0.4, -0.2) is 19.5 Å². The van der Waals surface area contributed by atoms with Crippen molar-refractivity contribution in [1.82, 2.24) is 0 Å². The lowest BCUT2D eigenvalue weighted by Crippen LogP contribution is -2.12. The quantitative estimate of drug-likeness (QED) is 0.718. The van der Waals surface area contributed by atoms with Crippen LogP contribution in [0, 0.1) is 6.92 Å². The number of hydrogen-bond acceptors (Lipinski definition) is 3. The molecule has 0 aliphatic rings. The van der Waals surface area contributed by atoms with Gasteiger partial charge in [0, 0.05) is 10.6 Å². The fourth-order valence-electron chi connectivity index (χ4n) is 1.80. The average Bonchev–Trinajstić information content (AvgIpc) is 2.47. The molecule has 110 valence electrons.